The predicted octanol–water partition coefficient (Wildman–Crippen LogP) is 2.91. The van der Waals surface area contributed by atoms with Crippen molar-refractivity contribution in [3.05, 3.63) is 69.7 Å². The Bertz CT molecular complexity index is 1030. The van der Waals surface area contributed by atoms with E-state index < -0.39 is 36.2 Å². The molecule has 8 nitrogen and oxygen atoms in total. The summed E-state index contributed by atoms with van der Waals surface area (Å²) >= 11 is 11.7. The Morgan fingerprint density at radius 1 is 1.12 bits per heavy atom. The molecule has 168 valence electrons. The fourth-order valence-corrected chi connectivity index (χ4v) is 3.46. The lowest BCUT2D eigenvalue weighted by Crippen LogP contribution is -2.43. The van der Waals surface area contributed by atoms with Crippen molar-refractivity contribution < 1.29 is 23.9 Å². The van der Waals surface area contributed by atoms with Crippen LogP contribution in [0.1, 0.15) is 35.3 Å². The average molecular weight is 478 g/mol. The minimum absolute atomic E-state index is 0.0627. The standard InChI is InChI=1S/C22H21Cl2N3O5/c1-13(14-5-3-2-4-6-14)25-19(28)12-32-22(31)16-10-20(29)27(11-16)26-21(30)15-7-8-17(23)18(24)9-15/h2-9,13,16H,10-12H2,1H3,(H,25,28)(H,26,30)/t13-,16-/m1/s1. The zero-order valence-electron chi connectivity index (χ0n) is 17.1. The van der Waals surface area contributed by atoms with Gasteiger partial charge in [0.2, 0.25) is 5.91 Å². The Morgan fingerprint density at radius 3 is 2.53 bits per heavy atom. The summed E-state index contributed by atoms with van der Waals surface area (Å²) in [5.74, 6) is -2.95. The molecule has 2 aromatic carbocycles. The normalized spacial score (nSPS) is 16.4. The van der Waals surface area contributed by atoms with E-state index in [0.29, 0.717) is 5.02 Å². The molecule has 3 amide bonds. The number of benzene rings is 2. The molecule has 1 heterocycles. The van der Waals surface area contributed by atoms with E-state index in [1.54, 1.807) is 0 Å². The number of nitrogens with zero attached hydrogens (tertiary/aromatic N) is 1. The average Bonchev–Trinajstić information content (AvgIpc) is 3.14. The van der Waals surface area contributed by atoms with Crippen LogP contribution in [0, 0.1) is 5.92 Å². The van der Waals surface area contributed by atoms with Crippen LogP contribution in [0.5, 0.6) is 0 Å². The van der Waals surface area contributed by atoms with Crippen LogP contribution in [0.3, 0.4) is 0 Å². The van der Waals surface area contributed by atoms with Crippen molar-refractivity contribution in [3.63, 3.8) is 0 Å². The van der Waals surface area contributed by atoms with Gasteiger partial charge in [0.15, 0.2) is 6.61 Å². The second-order valence-corrected chi connectivity index (χ2v) is 8.10. The number of rotatable bonds is 7. The predicted molar refractivity (Wildman–Crippen MR) is 118 cm³/mol. The summed E-state index contributed by atoms with van der Waals surface area (Å²) in [6.45, 7) is 1.29. The minimum Gasteiger partial charge on any atom is -0.455 e. The monoisotopic (exact) mass is 477 g/mol. The summed E-state index contributed by atoms with van der Waals surface area (Å²) in [5.41, 5.74) is 3.57. The van der Waals surface area contributed by atoms with Crippen LogP contribution in [0.15, 0.2) is 48.5 Å². The summed E-state index contributed by atoms with van der Waals surface area (Å²) in [5, 5.41) is 4.29. The molecule has 0 saturated carbocycles. The number of carbonyl (C=O) groups is 4. The Morgan fingerprint density at radius 2 is 1.84 bits per heavy atom. The molecule has 1 aliphatic rings. The van der Waals surface area contributed by atoms with Crippen molar-refractivity contribution in [1.82, 2.24) is 15.8 Å². The van der Waals surface area contributed by atoms with E-state index in [9.17, 15) is 19.2 Å². The first-order valence-electron chi connectivity index (χ1n) is 9.82. The first-order chi connectivity index (χ1) is 15.2. The van der Waals surface area contributed by atoms with Gasteiger partial charge in [-0.2, -0.15) is 0 Å². The van der Waals surface area contributed by atoms with Crippen molar-refractivity contribution in [3.8, 4) is 0 Å². The fourth-order valence-electron chi connectivity index (χ4n) is 3.16. The number of hydrazine groups is 1. The van der Waals surface area contributed by atoms with Crippen LogP contribution < -0.4 is 10.7 Å². The maximum Gasteiger partial charge on any atom is 0.311 e. The third-order valence-electron chi connectivity index (χ3n) is 4.90. The number of ether oxygens (including phenoxy) is 1. The lowest BCUT2D eigenvalue weighted by molar-refractivity contribution is -0.152. The van der Waals surface area contributed by atoms with Gasteiger partial charge in [-0.25, -0.2) is 0 Å². The van der Waals surface area contributed by atoms with Gasteiger partial charge in [-0.15, -0.1) is 0 Å². The molecule has 0 bridgehead atoms. The molecule has 1 aliphatic heterocycles. The van der Waals surface area contributed by atoms with Crippen LogP contribution in [-0.4, -0.2) is 41.9 Å². The van der Waals surface area contributed by atoms with Crippen molar-refractivity contribution in [2.24, 2.45) is 5.92 Å². The van der Waals surface area contributed by atoms with E-state index >= 15 is 0 Å². The highest BCUT2D eigenvalue weighted by molar-refractivity contribution is 6.42. The first kappa shape index (κ1) is 23.6. The molecule has 10 heteroatoms. The van der Waals surface area contributed by atoms with Crippen LogP contribution in [0.2, 0.25) is 10.0 Å². The quantitative estimate of drug-likeness (QED) is 0.596. The van der Waals surface area contributed by atoms with Gasteiger partial charge in [-0.1, -0.05) is 53.5 Å². The first-order valence-corrected chi connectivity index (χ1v) is 10.6. The number of carbonyl (C=O) groups excluding carboxylic acids is 4. The van der Waals surface area contributed by atoms with Crippen molar-refractivity contribution >= 4 is 46.9 Å². The summed E-state index contributed by atoms with van der Waals surface area (Å²) in [7, 11) is 0. The van der Waals surface area contributed by atoms with Crippen molar-refractivity contribution in [2.75, 3.05) is 13.2 Å². The molecule has 2 atom stereocenters. The maximum atomic E-state index is 12.3. The van der Waals surface area contributed by atoms with E-state index in [1.807, 2.05) is 37.3 Å². The lowest BCUT2D eigenvalue weighted by atomic mass is 10.1. The largest absolute Gasteiger partial charge is 0.455 e. The van der Waals surface area contributed by atoms with Gasteiger partial charge in [0.25, 0.3) is 11.8 Å². The molecule has 2 aromatic rings. The number of amides is 3. The molecular weight excluding hydrogens is 457 g/mol. The molecule has 2 N–H and O–H groups in total. The highest BCUT2D eigenvalue weighted by Gasteiger charge is 2.36. The van der Waals surface area contributed by atoms with Crippen LogP contribution in [0.25, 0.3) is 0 Å². The van der Waals surface area contributed by atoms with E-state index in [1.165, 1.54) is 18.2 Å². The molecule has 1 fully saturated rings. The second-order valence-electron chi connectivity index (χ2n) is 7.28. The van der Waals surface area contributed by atoms with Crippen LogP contribution in [-0.2, 0) is 19.1 Å². The molecule has 0 unspecified atom stereocenters. The second kappa shape index (κ2) is 10.5. The number of halogens is 2. The fraction of sp³-hybridized carbons (Fsp3) is 0.273. The topological polar surface area (TPSA) is 105 Å². The van der Waals surface area contributed by atoms with Gasteiger partial charge < -0.3 is 10.1 Å². The lowest BCUT2D eigenvalue weighted by Gasteiger charge is -2.18. The minimum atomic E-state index is -0.795. The zero-order chi connectivity index (χ0) is 23.3. The van der Waals surface area contributed by atoms with Gasteiger partial charge in [0.1, 0.15) is 0 Å². The highest BCUT2D eigenvalue weighted by atomic mass is 35.5. The molecule has 0 aromatic heterocycles. The van der Waals surface area contributed by atoms with Crippen molar-refractivity contribution in [1.29, 1.82) is 0 Å². The maximum absolute atomic E-state index is 12.3. The summed E-state index contributed by atoms with van der Waals surface area (Å²) in [6.07, 6.45) is -0.136. The summed E-state index contributed by atoms with van der Waals surface area (Å²) in [4.78, 5) is 48.9. The van der Waals surface area contributed by atoms with Crippen LogP contribution in [0.4, 0.5) is 0 Å². The SMILES string of the molecule is C[C@@H](NC(=O)COC(=O)[C@@H]1CC(=O)N(NC(=O)c2ccc(Cl)c(Cl)c2)C1)c1ccccc1. The van der Waals surface area contributed by atoms with Gasteiger partial charge in [-0.3, -0.25) is 29.6 Å². The number of hydrogen-bond donors (Lipinski definition) is 2. The summed E-state index contributed by atoms with van der Waals surface area (Å²) < 4.78 is 5.07. The van der Waals surface area contributed by atoms with Gasteiger partial charge in [0.05, 0.1) is 28.5 Å². The zero-order valence-corrected chi connectivity index (χ0v) is 18.7. The van der Waals surface area contributed by atoms with Crippen LogP contribution >= 0.6 is 23.2 Å². The van der Waals surface area contributed by atoms with Gasteiger partial charge >= 0.3 is 5.97 Å². The molecule has 0 spiro atoms. The van der Waals surface area contributed by atoms with Gasteiger partial charge in [-0.05, 0) is 30.7 Å². The van der Waals surface area contributed by atoms with E-state index in [2.05, 4.69) is 10.7 Å². The molecule has 1 saturated heterocycles. The Balaban J connectivity index is 1.47. The highest BCUT2D eigenvalue weighted by Crippen LogP contribution is 2.23. The Labute approximate surface area is 194 Å². The number of esters is 1. The summed E-state index contributed by atoms with van der Waals surface area (Å²) in [6, 6.07) is 13.4. The number of hydrogen-bond acceptors (Lipinski definition) is 5. The third-order valence-corrected chi connectivity index (χ3v) is 5.64. The smallest absolute Gasteiger partial charge is 0.311 e. The van der Waals surface area contributed by atoms with E-state index in [4.69, 9.17) is 27.9 Å². The van der Waals surface area contributed by atoms with Crippen molar-refractivity contribution in [2.45, 2.75) is 19.4 Å². The molecule has 3 rings (SSSR count). The molecule has 0 radical (unpaired) electrons. The molecular formula is C22H21Cl2N3O5. The van der Waals surface area contributed by atoms with E-state index in [-0.39, 0.29) is 29.6 Å². The van der Waals surface area contributed by atoms with E-state index in [0.717, 1.165) is 10.6 Å². The Hall–Kier alpha value is -3.10. The number of nitrogens with one attached hydrogen (secondary N) is 2. The third kappa shape index (κ3) is 5.99. The Kier molecular flexibility index (Phi) is 7.71. The van der Waals surface area contributed by atoms with Gasteiger partial charge in [0, 0.05) is 12.0 Å². The molecule has 32 heavy (non-hydrogen) atoms. The molecule has 0 aliphatic carbocycles.